The molecule has 1 saturated heterocycles. The molecule has 0 saturated carbocycles. The monoisotopic (exact) mass is 267 g/mol. The second-order valence-corrected chi connectivity index (χ2v) is 4.84. The van der Waals surface area contributed by atoms with Crippen molar-refractivity contribution in [2.24, 2.45) is 5.73 Å². The molecule has 0 bridgehead atoms. The number of benzene rings is 1. The van der Waals surface area contributed by atoms with E-state index in [1.807, 2.05) is 12.1 Å². The number of halogens is 1. The summed E-state index contributed by atoms with van der Waals surface area (Å²) >= 11 is 6.09. The molecule has 2 rings (SSSR count). The first-order valence-corrected chi connectivity index (χ1v) is 6.58. The van der Waals surface area contributed by atoms with Crippen LogP contribution in [0.1, 0.15) is 23.7 Å². The van der Waals surface area contributed by atoms with E-state index in [0.29, 0.717) is 16.6 Å². The molecule has 1 aliphatic rings. The number of primary amides is 1. The first kappa shape index (κ1) is 13.2. The van der Waals surface area contributed by atoms with Crippen LogP contribution in [-0.4, -0.2) is 31.6 Å². The lowest BCUT2D eigenvalue weighted by atomic mass is 10.1. The summed E-state index contributed by atoms with van der Waals surface area (Å²) in [4.78, 5) is 13.8. The molecule has 18 heavy (non-hydrogen) atoms. The summed E-state index contributed by atoms with van der Waals surface area (Å²) < 4.78 is 0. The van der Waals surface area contributed by atoms with Gasteiger partial charge in [-0.3, -0.25) is 4.79 Å². The van der Waals surface area contributed by atoms with Gasteiger partial charge in [-0.05, 0) is 32.0 Å². The minimum Gasteiger partial charge on any atom is -0.367 e. The van der Waals surface area contributed by atoms with Gasteiger partial charge in [-0.2, -0.15) is 0 Å². The van der Waals surface area contributed by atoms with Gasteiger partial charge in [0.1, 0.15) is 0 Å². The summed E-state index contributed by atoms with van der Waals surface area (Å²) in [7, 11) is 0. The van der Waals surface area contributed by atoms with Crippen molar-refractivity contribution in [2.45, 2.75) is 19.4 Å². The van der Waals surface area contributed by atoms with E-state index in [-0.39, 0.29) is 0 Å². The molecular weight excluding hydrogens is 250 g/mol. The van der Waals surface area contributed by atoms with Gasteiger partial charge >= 0.3 is 0 Å². The molecular formula is C13H18ClN3O. The lowest BCUT2D eigenvalue weighted by Gasteiger charge is -2.31. The van der Waals surface area contributed by atoms with Gasteiger partial charge in [0.05, 0.1) is 16.3 Å². The molecule has 1 aromatic carbocycles. The van der Waals surface area contributed by atoms with Crippen molar-refractivity contribution in [2.75, 3.05) is 24.5 Å². The maximum atomic E-state index is 11.6. The maximum Gasteiger partial charge on any atom is 0.252 e. The number of nitrogens with one attached hydrogen (secondary N) is 1. The van der Waals surface area contributed by atoms with Crippen LogP contribution < -0.4 is 16.0 Å². The lowest BCUT2D eigenvalue weighted by Crippen LogP contribution is -2.38. The molecule has 5 heteroatoms. The summed E-state index contributed by atoms with van der Waals surface area (Å²) in [6.45, 7) is 4.84. The summed E-state index contributed by atoms with van der Waals surface area (Å²) in [5, 5.41) is 3.75. The van der Waals surface area contributed by atoms with Crippen LogP contribution in [0.3, 0.4) is 0 Å². The van der Waals surface area contributed by atoms with E-state index in [1.165, 1.54) is 0 Å². The Morgan fingerprint density at radius 3 is 2.94 bits per heavy atom. The highest BCUT2D eigenvalue weighted by Crippen LogP contribution is 2.29. The van der Waals surface area contributed by atoms with Crippen LogP contribution in [0, 0.1) is 0 Å². The minimum atomic E-state index is -0.472. The third-order valence-corrected chi connectivity index (χ3v) is 3.68. The number of rotatable bonds is 4. The van der Waals surface area contributed by atoms with Gasteiger partial charge in [0, 0.05) is 19.1 Å². The van der Waals surface area contributed by atoms with Crippen molar-refractivity contribution in [3.8, 4) is 0 Å². The SMILES string of the molecule is CCN(c1cccc(Cl)c1C(N)=O)C1CCNC1. The average molecular weight is 268 g/mol. The second kappa shape index (κ2) is 5.59. The van der Waals surface area contributed by atoms with Crippen molar-refractivity contribution in [3.05, 3.63) is 28.8 Å². The fraction of sp³-hybridized carbons (Fsp3) is 0.462. The molecule has 4 nitrogen and oxygen atoms in total. The van der Waals surface area contributed by atoms with Crippen LogP contribution in [0.15, 0.2) is 18.2 Å². The highest BCUT2D eigenvalue weighted by atomic mass is 35.5. The zero-order chi connectivity index (χ0) is 13.1. The molecule has 0 aliphatic carbocycles. The van der Waals surface area contributed by atoms with Crippen LogP contribution >= 0.6 is 11.6 Å². The normalized spacial score (nSPS) is 18.9. The highest BCUT2D eigenvalue weighted by Gasteiger charge is 2.25. The Kier molecular flexibility index (Phi) is 4.09. The Morgan fingerprint density at radius 2 is 2.39 bits per heavy atom. The largest absolute Gasteiger partial charge is 0.367 e. The van der Waals surface area contributed by atoms with Gasteiger partial charge in [-0.15, -0.1) is 0 Å². The Morgan fingerprint density at radius 1 is 1.61 bits per heavy atom. The first-order chi connectivity index (χ1) is 8.65. The molecule has 1 fully saturated rings. The number of anilines is 1. The Balaban J connectivity index is 2.41. The lowest BCUT2D eigenvalue weighted by molar-refractivity contribution is 0.100. The van der Waals surface area contributed by atoms with Gasteiger partial charge in [0.15, 0.2) is 0 Å². The van der Waals surface area contributed by atoms with Crippen molar-refractivity contribution in [1.82, 2.24) is 5.32 Å². The third-order valence-electron chi connectivity index (χ3n) is 3.36. The minimum absolute atomic E-state index is 0.395. The number of carbonyl (C=O) groups is 1. The molecule has 1 atom stereocenters. The number of nitrogens with two attached hydrogens (primary N) is 1. The van der Waals surface area contributed by atoms with Crippen LogP contribution in [0.25, 0.3) is 0 Å². The van der Waals surface area contributed by atoms with Gasteiger partial charge < -0.3 is 16.0 Å². The Bertz CT molecular complexity index is 444. The molecule has 0 aromatic heterocycles. The second-order valence-electron chi connectivity index (χ2n) is 4.43. The van der Waals surface area contributed by atoms with E-state index in [4.69, 9.17) is 17.3 Å². The quantitative estimate of drug-likeness (QED) is 0.872. The van der Waals surface area contributed by atoms with Gasteiger partial charge in [0.2, 0.25) is 0 Å². The van der Waals surface area contributed by atoms with Crippen molar-refractivity contribution >= 4 is 23.2 Å². The molecule has 0 radical (unpaired) electrons. The van der Waals surface area contributed by atoms with Gasteiger partial charge in [-0.1, -0.05) is 17.7 Å². The number of carbonyl (C=O) groups excluding carboxylic acids is 1. The number of nitrogens with zero attached hydrogens (tertiary/aromatic N) is 1. The van der Waals surface area contributed by atoms with E-state index < -0.39 is 5.91 Å². The van der Waals surface area contributed by atoms with Crippen molar-refractivity contribution in [1.29, 1.82) is 0 Å². The van der Waals surface area contributed by atoms with E-state index in [2.05, 4.69) is 17.1 Å². The zero-order valence-corrected chi connectivity index (χ0v) is 11.2. The van der Waals surface area contributed by atoms with Gasteiger partial charge in [0.25, 0.3) is 5.91 Å². The van der Waals surface area contributed by atoms with Crippen LogP contribution in [0.2, 0.25) is 5.02 Å². The third kappa shape index (κ3) is 2.44. The summed E-state index contributed by atoms with van der Waals surface area (Å²) in [6, 6.07) is 5.86. The van der Waals surface area contributed by atoms with Crippen LogP contribution in [-0.2, 0) is 0 Å². The zero-order valence-electron chi connectivity index (χ0n) is 10.4. The van der Waals surface area contributed by atoms with Crippen LogP contribution in [0.4, 0.5) is 5.69 Å². The maximum absolute atomic E-state index is 11.6. The number of hydrogen-bond donors (Lipinski definition) is 2. The van der Waals surface area contributed by atoms with E-state index in [0.717, 1.165) is 31.7 Å². The smallest absolute Gasteiger partial charge is 0.252 e. The molecule has 98 valence electrons. The topological polar surface area (TPSA) is 58.4 Å². The predicted molar refractivity (Wildman–Crippen MR) is 74.3 cm³/mol. The number of hydrogen-bond acceptors (Lipinski definition) is 3. The molecule has 1 amide bonds. The van der Waals surface area contributed by atoms with E-state index in [9.17, 15) is 4.79 Å². The summed E-state index contributed by atoms with van der Waals surface area (Å²) in [6.07, 6.45) is 1.07. The van der Waals surface area contributed by atoms with E-state index in [1.54, 1.807) is 6.07 Å². The predicted octanol–water partition coefficient (Wildman–Crippen LogP) is 1.63. The molecule has 1 aromatic rings. The molecule has 1 unspecified atom stereocenters. The van der Waals surface area contributed by atoms with Crippen molar-refractivity contribution in [3.63, 3.8) is 0 Å². The first-order valence-electron chi connectivity index (χ1n) is 6.20. The molecule has 0 spiro atoms. The summed E-state index contributed by atoms with van der Waals surface area (Å²) in [5.41, 5.74) is 6.70. The average Bonchev–Trinajstić information content (AvgIpc) is 2.83. The standard InChI is InChI=1S/C13H18ClN3O/c1-2-17(9-6-7-16-8-9)11-5-3-4-10(14)12(11)13(15)18/h3-5,9,16H,2,6-8H2,1H3,(H2,15,18). The Labute approximate surface area is 112 Å². The Hall–Kier alpha value is -1.26. The van der Waals surface area contributed by atoms with Gasteiger partial charge in [-0.25, -0.2) is 0 Å². The summed E-state index contributed by atoms with van der Waals surface area (Å²) in [5.74, 6) is -0.472. The molecule has 3 N–H and O–H groups in total. The molecule has 1 aliphatic heterocycles. The fourth-order valence-electron chi connectivity index (χ4n) is 2.53. The highest BCUT2D eigenvalue weighted by molar-refractivity contribution is 6.34. The van der Waals surface area contributed by atoms with E-state index >= 15 is 0 Å². The number of likely N-dealkylation sites (N-methyl/N-ethyl adjacent to an activating group) is 1. The number of amides is 1. The van der Waals surface area contributed by atoms with Crippen molar-refractivity contribution < 1.29 is 4.79 Å². The fourth-order valence-corrected chi connectivity index (χ4v) is 2.79. The molecule has 1 heterocycles. The van der Waals surface area contributed by atoms with Crippen LogP contribution in [0.5, 0.6) is 0 Å².